The van der Waals surface area contributed by atoms with Crippen molar-refractivity contribution in [2.24, 2.45) is 0 Å². The normalized spacial score (nSPS) is 12.0. The van der Waals surface area contributed by atoms with Crippen molar-refractivity contribution in [1.29, 1.82) is 0 Å². The third-order valence-electron chi connectivity index (χ3n) is 3.61. The predicted molar refractivity (Wildman–Crippen MR) is 85.7 cm³/mol. The van der Waals surface area contributed by atoms with Crippen LogP contribution in [-0.4, -0.2) is 11.1 Å². The standard InChI is InChI=1S/C17H11ClN2O3/c18-10-5-7-11(8-6-10)19-17(21)15-13-9-22-14-4-2-1-3-12(14)16(13)23-20-15/h1-8H,9H2,(H,19,21). The number of benzene rings is 2. The van der Waals surface area contributed by atoms with Crippen molar-refractivity contribution in [2.45, 2.75) is 6.61 Å². The van der Waals surface area contributed by atoms with Crippen LogP contribution >= 0.6 is 11.6 Å². The molecule has 2 aromatic carbocycles. The van der Waals surface area contributed by atoms with Crippen molar-refractivity contribution < 1.29 is 14.1 Å². The second-order valence-electron chi connectivity index (χ2n) is 5.08. The Morgan fingerprint density at radius 3 is 2.74 bits per heavy atom. The molecule has 0 bridgehead atoms. The molecule has 2 heterocycles. The molecule has 1 aliphatic rings. The highest BCUT2D eigenvalue weighted by molar-refractivity contribution is 6.30. The molecule has 3 aromatic rings. The summed E-state index contributed by atoms with van der Waals surface area (Å²) in [6.07, 6.45) is 0. The monoisotopic (exact) mass is 326 g/mol. The number of amides is 1. The Morgan fingerprint density at radius 2 is 1.91 bits per heavy atom. The van der Waals surface area contributed by atoms with Crippen molar-refractivity contribution >= 4 is 23.2 Å². The summed E-state index contributed by atoms with van der Waals surface area (Å²) < 4.78 is 11.0. The number of para-hydroxylation sites is 1. The van der Waals surface area contributed by atoms with E-state index in [0.717, 1.165) is 11.3 Å². The molecule has 5 nitrogen and oxygen atoms in total. The Hall–Kier alpha value is -2.79. The first-order valence-electron chi connectivity index (χ1n) is 7.00. The third kappa shape index (κ3) is 2.45. The van der Waals surface area contributed by atoms with Crippen LogP contribution in [0.25, 0.3) is 11.3 Å². The summed E-state index contributed by atoms with van der Waals surface area (Å²) in [5.41, 5.74) is 2.31. The highest BCUT2D eigenvalue weighted by atomic mass is 35.5. The molecule has 0 aliphatic carbocycles. The van der Waals surface area contributed by atoms with Crippen molar-refractivity contribution in [1.82, 2.24) is 5.16 Å². The van der Waals surface area contributed by atoms with Gasteiger partial charge in [-0.15, -0.1) is 0 Å². The first kappa shape index (κ1) is 13.8. The van der Waals surface area contributed by atoms with Gasteiger partial charge in [-0.25, -0.2) is 0 Å². The van der Waals surface area contributed by atoms with Gasteiger partial charge in [0.1, 0.15) is 12.4 Å². The van der Waals surface area contributed by atoms with Gasteiger partial charge < -0.3 is 14.6 Å². The molecule has 0 unspecified atom stereocenters. The molecule has 0 atom stereocenters. The van der Waals surface area contributed by atoms with E-state index in [1.807, 2.05) is 24.3 Å². The largest absolute Gasteiger partial charge is 0.488 e. The summed E-state index contributed by atoms with van der Waals surface area (Å²) >= 11 is 5.83. The smallest absolute Gasteiger partial charge is 0.278 e. The van der Waals surface area contributed by atoms with Gasteiger partial charge in [0.2, 0.25) is 0 Å². The molecule has 1 aromatic heterocycles. The van der Waals surface area contributed by atoms with Crippen molar-refractivity contribution in [2.75, 3.05) is 5.32 Å². The zero-order valence-electron chi connectivity index (χ0n) is 11.9. The third-order valence-corrected chi connectivity index (χ3v) is 3.86. The van der Waals surface area contributed by atoms with Crippen LogP contribution in [0, 0.1) is 0 Å². The number of ether oxygens (including phenoxy) is 1. The van der Waals surface area contributed by atoms with E-state index < -0.39 is 0 Å². The number of halogens is 1. The van der Waals surface area contributed by atoms with E-state index in [-0.39, 0.29) is 18.2 Å². The minimum absolute atomic E-state index is 0.226. The first-order chi connectivity index (χ1) is 11.2. The van der Waals surface area contributed by atoms with E-state index in [0.29, 0.717) is 22.0 Å². The first-order valence-corrected chi connectivity index (χ1v) is 7.38. The molecule has 6 heteroatoms. The molecule has 23 heavy (non-hydrogen) atoms. The van der Waals surface area contributed by atoms with Crippen LogP contribution in [0.1, 0.15) is 16.1 Å². The zero-order chi connectivity index (χ0) is 15.8. The lowest BCUT2D eigenvalue weighted by molar-refractivity contribution is 0.101. The number of rotatable bonds is 2. The Balaban J connectivity index is 1.65. The minimum Gasteiger partial charge on any atom is -0.488 e. The van der Waals surface area contributed by atoms with Crippen molar-refractivity contribution in [3.63, 3.8) is 0 Å². The number of hydrogen-bond donors (Lipinski definition) is 1. The van der Waals surface area contributed by atoms with Crippen LogP contribution < -0.4 is 10.1 Å². The van der Waals surface area contributed by atoms with Gasteiger partial charge >= 0.3 is 0 Å². The molecule has 4 rings (SSSR count). The van der Waals surface area contributed by atoms with Crippen LogP contribution in [0.4, 0.5) is 5.69 Å². The maximum atomic E-state index is 12.4. The van der Waals surface area contributed by atoms with Gasteiger partial charge in [0.05, 0.1) is 11.1 Å². The summed E-state index contributed by atoms with van der Waals surface area (Å²) in [4.78, 5) is 12.4. The van der Waals surface area contributed by atoms with Crippen LogP contribution in [0.2, 0.25) is 5.02 Å². The molecule has 1 amide bonds. The highest BCUT2D eigenvalue weighted by Gasteiger charge is 2.28. The molecular weight excluding hydrogens is 316 g/mol. The molecule has 1 N–H and O–H groups in total. The Morgan fingerprint density at radius 1 is 1.13 bits per heavy atom. The summed E-state index contributed by atoms with van der Waals surface area (Å²) in [6.45, 7) is 0.249. The van der Waals surface area contributed by atoms with E-state index in [1.54, 1.807) is 24.3 Å². The van der Waals surface area contributed by atoms with E-state index in [4.69, 9.17) is 20.9 Å². The molecule has 114 valence electrons. The summed E-state index contributed by atoms with van der Waals surface area (Å²) in [7, 11) is 0. The number of carbonyl (C=O) groups is 1. The number of carbonyl (C=O) groups excluding carboxylic acids is 1. The number of aromatic nitrogens is 1. The van der Waals surface area contributed by atoms with Gasteiger partial charge in [-0.05, 0) is 36.4 Å². The maximum absolute atomic E-state index is 12.4. The number of anilines is 1. The second kappa shape index (κ2) is 5.44. The molecule has 0 saturated carbocycles. The molecule has 0 saturated heterocycles. The van der Waals surface area contributed by atoms with Gasteiger partial charge in [0.15, 0.2) is 11.5 Å². The molecular formula is C17H11ClN2O3. The van der Waals surface area contributed by atoms with Gasteiger partial charge in [-0.3, -0.25) is 4.79 Å². The van der Waals surface area contributed by atoms with Gasteiger partial charge in [-0.2, -0.15) is 0 Å². The zero-order valence-corrected chi connectivity index (χ0v) is 12.6. The lowest BCUT2D eigenvalue weighted by atomic mass is 10.0. The SMILES string of the molecule is O=C(Nc1ccc(Cl)cc1)c1noc2c1COc1ccccc1-2. The quantitative estimate of drug-likeness (QED) is 0.768. The van der Waals surface area contributed by atoms with Crippen LogP contribution in [0.3, 0.4) is 0 Å². The average molecular weight is 327 g/mol. The van der Waals surface area contributed by atoms with Gasteiger partial charge in [-0.1, -0.05) is 28.9 Å². The molecule has 0 radical (unpaired) electrons. The predicted octanol–water partition coefficient (Wildman–Crippen LogP) is 4.14. The summed E-state index contributed by atoms with van der Waals surface area (Å²) in [5, 5.41) is 7.29. The molecule has 0 spiro atoms. The fraction of sp³-hybridized carbons (Fsp3) is 0.0588. The van der Waals surface area contributed by atoms with Gasteiger partial charge in [0, 0.05) is 10.7 Å². The van der Waals surface area contributed by atoms with Crippen molar-refractivity contribution in [3.05, 3.63) is 64.8 Å². The lowest BCUT2D eigenvalue weighted by Gasteiger charge is -2.15. The molecule has 1 aliphatic heterocycles. The van der Waals surface area contributed by atoms with E-state index in [2.05, 4.69) is 10.5 Å². The number of nitrogens with zero attached hydrogens (tertiary/aromatic N) is 1. The fourth-order valence-electron chi connectivity index (χ4n) is 2.49. The van der Waals surface area contributed by atoms with Gasteiger partial charge in [0.25, 0.3) is 5.91 Å². The summed E-state index contributed by atoms with van der Waals surface area (Å²) in [6, 6.07) is 14.3. The van der Waals surface area contributed by atoms with Crippen molar-refractivity contribution in [3.8, 4) is 17.1 Å². The van der Waals surface area contributed by atoms with Crippen LogP contribution in [-0.2, 0) is 6.61 Å². The van der Waals surface area contributed by atoms with Crippen LogP contribution in [0.15, 0.2) is 53.1 Å². The maximum Gasteiger partial charge on any atom is 0.278 e. The average Bonchev–Trinajstić information content (AvgIpc) is 3.01. The minimum atomic E-state index is -0.347. The topological polar surface area (TPSA) is 64.4 Å². The van der Waals surface area contributed by atoms with Crippen LogP contribution in [0.5, 0.6) is 5.75 Å². The van der Waals surface area contributed by atoms with E-state index >= 15 is 0 Å². The fourth-order valence-corrected chi connectivity index (χ4v) is 2.61. The Labute approximate surface area is 136 Å². The number of fused-ring (bicyclic) bond motifs is 3. The van der Waals surface area contributed by atoms with E-state index in [1.165, 1.54) is 0 Å². The second-order valence-corrected chi connectivity index (χ2v) is 5.52. The lowest BCUT2D eigenvalue weighted by Crippen LogP contribution is -2.16. The Bertz CT molecular complexity index is 887. The molecule has 0 fully saturated rings. The number of hydrogen-bond acceptors (Lipinski definition) is 4. The number of nitrogens with one attached hydrogen (secondary N) is 1. The summed E-state index contributed by atoms with van der Waals surface area (Å²) in [5.74, 6) is 0.953. The van der Waals surface area contributed by atoms with E-state index in [9.17, 15) is 4.79 Å². The highest BCUT2D eigenvalue weighted by Crippen LogP contribution is 2.38. The Kier molecular flexibility index (Phi) is 3.28.